The lowest BCUT2D eigenvalue weighted by molar-refractivity contribution is -0.693. The standard InChI is InChI=1S/C18H20N4O3/c1-4-24-18(25-5-2)17(11-20)14(16(17,10-19)15(21)22-18)12-7-6-8-13(9-12)23-3/h6-9,14H,4-5H2,1-3H3,(H2,21,22)/p+1/t14-,16+,17+/m0/s1. The molecular formula is C18H21N4O3+. The Morgan fingerprint density at radius 2 is 1.88 bits per heavy atom. The van der Waals surface area contributed by atoms with E-state index in [-0.39, 0.29) is 5.84 Å². The fourth-order valence-corrected chi connectivity index (χ4v) is 4.18. The van der Waals surface area contributed by atoms with Gasteiger partial charge in [-0.05, 0) is 31.5 Å². The summed E-state index contributed by atoms with van der Waals surface area (Å²) in [4.78, 5) is 2.95. The molecule has 2 aliphatic rings. The lowest BCUT2D eigenvalue weighted by atomic mass is 9.93. The maximum Gasteiger partial charge on any atom is 0.343 e. The molecule has 1 aromatic carbocycles. The first kappa shape index (κ1) is 17.2. The van der Waals surface area contributed by atoms with Crippen molar-refractivity contribution >= 4 is 5.84 Å². The van der Waals surface area contributed by atoms with Crippen LogP contribution in [0.25, 0.3) is 0 Å². The molecule has 0 unspecified atom stereocenters. The summed E-state index contributed by atoms with van der Waals surface area (Å²) >= 11 is 0. The molecule has 1 aromatic rings. The zero-order valence-electron chi connectivity index (χ0n) is 14.5. The molecule has 7 nitrogen and oxygen atoms in total. The number of nitrogens with zero attached hydrogens (tertiary/aromatic N) is 2. The molecule has 0 aromatic heterocycles. The maximum absolute atomic E-state index is 10.1. The molecular weight excluding hydrogens is 320 g/mol. The average molecular weight is 341 g/mol. The Labute approximate surface area is 146 Å². The molecule has 3 atom stereocenters. The number of ether oxygens (including phenoxy) is 3. The third kappa shape index (κ3) is 1.82. The molecule has 130 valence electrons. The number of methoxy groups -OCH3 is 1. The molecule has 1 fully saturated rings. The number of hydrogen-bond acceptors (Lipinski definition) is 6. The van der Waals surface area contributed by atoms with Crippen molar-refractivity contribution in [3.8, 4) is 17.9 Å². The van der Waals surface area contributed by atoms with Crippen LogP contribution in [-0.4, -0.2) is 32.1 Å². The van der Waals surface area contributed by atoms with Crippen LogP contribution in [0.4, 0.5) is 0 Å². The van der Waals surface area contributed by atoms with E-state index in [1.807, 2.05) is 24.3 Å². The van der Waals surface area contributed by atoms with E-state index in [1.165, 1.54) is 0 Å². The molecule has 0 spiro atoms. The van der Waals surface area contributed by atoms with Gasteiger partial charge < -0.3 is 14.2 Å². The molecule has 0 radical (unpaired) electrons. The SMILES string of the molecule is CCOC1(OCC)[NH+]=C(N)[C@@]2(C#N)[C@H](c3cccc(OC)c3)[C@@]12C#N. The number of nitrogens with one attached hydrogen (secondary N) is 1. The van der Waals surface area contributed by atoms with Crippen LogP contribution in [0.5, 0.6) is 5.75 Å². The Morgan fingerprint density at radius 1 is 1.20 bits per heavy atom. The first-order valence-corrected chi connectivity index (χ1v) is 8.19. The van der Waals surface area contributed by atoms with Crippen molar-refractivity contribution < 1.29 is 19.2 Å². The van der Waals surface area contributed by atoms with Gasteiger partial charge in [-0.15, -0.1) is 0 Å². The normalized spacial score (nSPS) is 31.4. The van der Waals surface area contributed by atoms with Crippen LogP contribution in [0.1, 0.15) is 25.3 Å². The molecule has 1 heterocycles. The average Bonchev–Trinajstić information content (AvgIpc) is 3.21. The Kier molecular flexibility index (Phi) is 3.95. The first-order valence-electron chi connectivity index (χ1n) is 8.19. The van der Waals surface area contributed by atoms with Crippen molar-refractivity contribution in [2.24, 2.45) is 16.6 Å². The third-order valence-corrected chi connectivity index (χ3v) is 5.12. The highest BCUT2D eigenvalue weighted by Gasteiger charge is 2.97. The van der Waals surface area contributed by atoms with Gasteiger partial charge in [0, 0.05) is 5.92 Å². The van der Waals surface area contributed by atoms with Crippen molar-refractivity contribution in [3.63, 3.8) is 0 Å². The predicted octanol–water partition coefficient (Wildman–Crippen LogP) is -0.00944. The van der Waals surface area contributed by atoms with Crippen LogP contribution < -0.4 is 15.5 Å². The minimum atomic E-state index is -1.46. The molecule has 1 aliphatic carbocycles. The molecule has 25 heavy (non-hydrogen) atoms. The summed E-state index contributed by atoms with van der Waals surface area (Å²) < 4.78 is 17.0. The fourth-order valence-electron chi connectivity index (χ4n) is 4.18. The molecule has 0 bridgehead atoms. The minimum absolute atomic E-state index is 0.200. The minimum Gasteiger partial charge on any atom is -0.497 e. The number of rotatable bonds is 6. The zero-order valence-corrected chi connectivity index (χ0v) is 14.5. The second kappa shape index (κ2) is 5.73. The third-order valence-electron chi connectivity index (χ3n) is 5.12. The smallest absolute Gasteiger partial charge is 0.343 e. The number of nitrogens with two attached hydrogens (primary N) is 1. The Bertz CT molecular complexity index is 803. The van der Waals surface area contributed by atoms with Gasteiger partial charge in [-0.25, -0.2) is 4.99 Å². The molecule has 3 rings (SSSR count). The summed E-state index contributed by atoms with van der Waals surface area (Å²) in [6, 6.07) is 11.9. The van der Waals surface area contributed by atoms with Gasteiger partial charge in [0.2, 0.25) is 0 Å². The zero-order chi connectivity index (χ0) is 18.3. The number of fused-ring (bicyclic) bond motifs is 1. The van der Waals surface area contributed by atoms with Crippen LogP contribution in [0.2, 0.25) is 0 Å². The van der Waals surface area contributed by atoms with Crippen molar-refractivity contribution in [1.29, 1.82) is 10.5 Å². The Morgan fingerprint density at radius 3 is 2.40 bits per heavy atom. The van der Waals surface area contributed by atoms with E-state index in [9.17, 15) is 10.5 Å². The van der Waals surface area contributed by atoms with Crippen LogP contribution in [-0.2, 0) is 9.47 Å². The van der Waals surface area contributed by atoms with E-state index in [1.54, 1.807) is 21.0 Å². The quantitative estimate of drug-likeness (QED) is 0.703. The largest absolute Gasteiger partial charge is 0.497 e. The number of nitriles is 2. The van der Waals surface area contributed by atoms with Crippen molar-refractivity contribution in [1.82, 2.24) is 0 Å². The lowest BCUT2D eigenvalue weighted by Gasteiger charge is -2.29. The summed E-state index contributed by atoms with van der Waals surface area (Å²) in [7, 11) is 1.57. The van der Waals surface area contributed by atoms with Gasteiger partial charge in [0.15, 0.2) is 10.8 Å². The van der Waals surface area contributed by atoms with E-state index < -0.39 is 22.7 Å². The molecule has 1 saturated carbocycles. The lowest BCUT2D eigenvalue weighted by Crippen LogP contribution is -2.91. The van der Waals surface area contributed by atoms with Crippen molar-refractivity contribution in [2.75, 3.05) is 20.3 Å². The maximum atomic E-state index is 10.1. The second-order valence-corrected chi connectivity index (χ2v) is 6.07. The Hall–Kier alpha value is -2.61. The highest BCUT2D eigenvalue weighted by Crippen LogP contribution is 2.78. The molecule has 1 aliphatic heterocycles. The van der Waals surface area contributed by atoms with Gasteiger partial charge in [-0.2, -0.15) is 10.5 Å². The van der Waals surface area contributed by atoms with Crippen LogP contribution in [0, 0.1) is 33.5 Å². The topological polar surface area (TPSA) is 115 Å². The van der Waals surface area contributed by atoms with E-state index in [2.05, 4.69) is 17.1 Å². The predicted molar refractivity (Wildman–Crippen MR) is 88.0 cm³/mol. The van der Waals surface area contributed by atoms with Gasteiger partial charge in [0.05, 0.1) is 32.5 Å². The van der Waals surface area contributed by atoms with Crippen molar-refractivity contribution in [2.45, 2.75) is 25.7 Å². The highest BCUT2D eigenvalue weighted by atomic mass is 16.7. The molecule has 0 amide bonds. The number of amidine groups is 1. The van der Waals surface area contributed by atoms with Crippen LogP contribution in [0.3, 0.4) is 0 Å². The van der Waals surface area contributed by atoms with Gasteiger partial charge >= 0.3 is 5.91 Å². The molecule has 3 N–H and O–H groups in total. The van der Waals surface area contributed by atoms with E-state index in [4.69, 9.17) is 19.9 Å². The summed E-state index contributed by atoms with van der Waals surface area (Å²) in [5.41, 5.74) is 4.48. The number of benzene rings is 1. The Balaban J connectivity index is 2.21. The molecule has 7 heteroatoms. The summed E-state index contributed by atoms with van der Waals surface area (Å²) in [5.74, 6) is -1.09. The number of hydrogen-bond donors (Lipinski definition) is 2. The first-order chi connectivity index (χ1) is 12.0. The van der Waals surface area contributed by atoms with Gasteiger partial charge in [-0.3, -0.25) is 5.73 Å². The van der Waals surface area contributed by atoms with Crippen molar-refractivity contribution in [3.05, 3.63) is 29.8 Å². The fraction of sp³-hybridized carbons (Fsp3) is 0.500. The van der Waals surface area contributed by atoms with E-state index in [0.29, 0.717) is 19.0 Å². The monoisotopic (exact) mass is 341 g/mol. The van der Waals surface area contributed by atoms with Crippen LogP contribution in [0.15, 0.2) is 24.3 Å². The van der Waals surface area contributed by atoms with Gasteiger partial charge in [-0.1, -0.05) is 12.1 Å². The van der Waals surface area contributed by atoms with Crippen LogP contribution >= 0.6 is 0 Å². The second-order valence-electron chi connectivity index (χ2n) is 6.07. The molecule has 0 saturated heterocycles. The van der Waals surface area contributed by atoms with Gasteiger partial charge in [0.25, 0.3) is 5.84 Å². The van der Waals surface area contributed by atoms with E-state index in [0.717, 1.165) is 5.56 Å². The summed E-state index contributed by atoms with van der Waals surface area (Å²) in [6.07, 6.45) is 0. The summed E-state index contributed by atoms with van der Waals surface area (Å²) in [6.45, 7) is 4.21. The van der Waals surface area contributed by atoms with E-state index >= 15 is 0 Å². The van der Waals surface area contributed by atoms with Gasteiger partial charge in [0.1, 0.15) is 5.75 Å². The highest BCUT2D eigenvalue weighted by molar-refractivity contribution is 5.95. The summed E-state index contributed by atoms with van der Waals surface area (Å²) in [5, 5.41) is 20.1.